The van der Waals surface area contributed by atoms with E-state index < -0.39 is 15.1 Å². The molecule has 0 radical (unpaired) electrons. The molecule has 6 nitrogen and oxygen atoms in total. The molecule has 2 bridgehead atoms. The van der Waals surface area contributed by atoms with Crippen molar-refractivity contribution in [2.24, 2.45) is 7.05 Å². The van der Waals surface area contributed by atoms with Crippen LogP contribution in [0.25, 0.3) is 11.3 Å². The summed E-state index contributed by atoms with van der Waals surface area (Å²) in [6, 6.07) is 7.32. The fraction of sp³-hybridized carbons (Fsp3) is 0.375. The molecule has 0 aliphatic carbocycles. The van der Waals surface area contributed by atoms with Gasteiger partial charge in [-0.3, -0.25) is 9.48 Å². The number of carbonyl (C=O) groups excluding carboxylic acids is 1. The zero-order valence-electron chi connectivity index (χ0n) is 13.0. The van der Waals surface area contributed by atoms with Crippen LogP contribution in [0.5, 0.6) is 0 Å². The van der Waals surface area contributed by atoms with E-state index in [1.807, 2.05) is 0 Å². The third kappa shape index (κ3) is 2.32. The number of aryl methyl sites for hydroxylation is 1. The maximum absolute atomic E-state index is 13.0. The van der Waals surface area contributed by atoms with E-state index in [9.17, 15) is 17.6 Å². The second-order valence-electron chi connectivity index (χ2n) is 6.34. The van der Waals surface area contributed by atoms with Crippen molar-refractivity contribution in [3.63, 3.8) is 0 Å². The molecule has 2 aliphatic heterocycles. The summed E-state index contributed by atoms with van der Waals surface area (Å²) in [4.78, 5) is 14.4. The Hall–Kier alpha value is -2.22. The minimum absolute atomic E-state index is 0.0477. The minimum atomic E-state index is -3.04. The van der Waals surface area contributed by atoms with Gasteiger partial charge in [0.1, 0.15) is 11.5 Å². The van der Waals surface area contributed by atoms with Gasteiger partial charge in [0.05, 0.1) is 16.7 Å². The molecular weight excluding hydrogens is 333 g/mol. The normalized spacial score (nSPS) is 24.5. The van der Waals surface area contributed by atoms with Gasteiger partial charge in [-0.25, -0.2) is 12.8 Å². The van der Waals surface area contributed by atoms with Gasteiger partial charge in [0, 0.05) is 25.2 Å². The van der Waals surface area contributed by atoms with Gasteiger partial charge in [-0.15, -0.1) is 0 Å². The third-order valence-corrected chi connectivity index (χ3v) is 7.02. The van der Waals surface area contributed by atoms with Crippen molar-refractivity contribution in [2.45, 2.75) is 17.7 Å². The van der Waals surface area contributed by atoms with Crippen molar-refractivity contribution in [3.8, 4) is 11.3 Å². The summed E-state index contributed by atoms with van der Waals surface area (Å²) >= 11 is 0. The molecule has 2 unspecified atom stereocenters. The van der Waals surface area contributed by atoms with Crippen molar-refractivity contribution in [1.29, 1.82) is 0 Å². The molecular formula is C16H16FN3O3S. The molecule has 2 aliphatic rings. The molecule has 8 heteroatoms. The molecule has 0 saturated carbocycles. The lowest BCUT2D eigenvalue weighted by molar-refractivity contribution is 0.0734. The number of hydrogen-bond donors (Lipinski definition) is 0. The van der Waals surface area contributed by atoms with Crippen molar-refractivity contribution in [1.82, 2.24) is 14.7 Å². The van der Waals surface area contributed by atoms with Gasteiger partial charge >= 0.3 is 0 Å². The Morgan fingerprint density at radius 1 is 1.29 bits per heavy atom. The molecule has 0 N–H and O–H groups in total. The molecule has 2 fully saturated rings. The summed E-state index contributed by atoms with van der Waals surface area (Å²) in [6.07, 6.45) is 0.525. The molecule has 126 valence electrons. The first-order chi connectivity index (χ1) is 11.3. The Morgan fingerprint density at radius 3 is 2.58 bits per heavy atom. The van der Waals surface area contributed by atoms with Crippen molar-refractivity contribution in [2.75, 3.05) is 12.3 Å². The molecule has 24 heavy (non-hydrogen) atoms. The molecule has 3 heterocycles. The Labute approximate surface area is 138 Å². The Morgan fingerprint density at radius 2 is 2.00 bits per heavy atom. The van der Waals surface area contributed by atoms with E-state index >= 15 is 0 Å². The van der Waals surface area contributed by atoms with E-state index in [2.05, 4.69) is 5.10 Å². The number of aromatic nitrogens is 2. The van der Waals surface area contributed by atoms with Crippen LogP contribution in [-0.4, -0.2) is 52.6 Å². The number of carbonyl (C=O) groups is 1. The monoisotopic (exact) mass is 349 g/mol. The van der Waals surface area contributed by atoms with Gasteiger partial charge in [0.2, 0.25) is 0 Å². The standard InChI is InChI=1S/C16H16FN3O3S/c1-19-15(7-14(18-19)10-2-4-11(17)5-3-10)16(21)20-8-13-6-12(20)9-24(13,22)23/h2-5,7,12-13H,6,8-9H2,1H3. The topological polar surface area (TPSA) is 72.3 Å². The van der Waals surface area contributed by atoms with Crippen LogP contribution < -0.4 is 0 Å². The maximum atomic E-state index is 13.0. The van der Waals surface area contributed by atoms with E-state index in [1.165, 1.54) is 16.8 Å². The summed E-state index contributed by atoms with van der Waals surface area (Å²) in [6.45, 7) is 0.253. The highest BCUT2D eigenvalue weighted by molar-refractivity contribution is 7.92. The van der Waals surface area contributed by atoms with Crippen LogP contribution in [0.15, 0.2) is 30.3 Å². The highest BCUT2D eigenvalue weighted by Crippen LogP contribution is 2.34. The Kier molecular flexibility index (Phi) is 3.28. The summed E-state index contributed by atoms with van der Waals surface area (Å²) in [5.41, 5.74) is 1.70. The summed E-state index contributed by atoms with van der Waals surface area (Å²) in [5.74, 6) is -0.493. The maximum Gasteiger partial charge on any atom is 0.272 e. The van der Waals surface area contributed by atoms with Gasteiger partial charge in [0.15, 0.2) is 9.84 Å². The molecule has 2 saturated heterocycles. The molecule has 1 aromatic heterocycles. The second-order valence-corrected chi connectivity index (χ2v) is 8.67. The molecule has 1 aromatic carbocycles. The highest BCUT2D eigenvalue weighted by Gasteiger charge is 2.50. The average molecular weight is 349 g/mol. The minimum Gasteiger partial charge on any atom is -0.332 e. The molecule has 2 atom stereocenters. The van der Waals surface area contributed by atoms with E-state index in [0.29, 0.717) is 17.8 Å². The number of amides is 1. The quantitative estimate of drug-likeness (QED) is 0.818. The van der Waals surface area contributed by atoms with Crippen LogP contribution in [0, 0.1) is 5.82 Å². The lowest BCUT2D eigenvalue weighted by atomic mass is 10.1. The predicted molar refractivity (Wildman–Crippen MR) is 85.6 cm³/mol. The number of fused-ring (bicyclic) bond motifs is 2. The van der Waals surface area contributed by atoms with E-state index in [4.69, 9.17) is 0 Å². The number of hydrogen-bond acceptors (Lipinski definition) is 4. The van der Waals surface area contributed by atoms with Crippen LogP contribution in [-0.2, 0) is 16.9 Å². The van der Waals surface area contributed by atoms with Crippen molar-refractivity contribution in [3.05, 3.63) is 41.8 Å². The lowest BCUT2D eigenvalue weighted by Crippen LogP contribution is -2.44. The molecule has 4 rings (SSSR count). The number of rotatable bonds is 2. The fourth-order valence-electron chi connectivity index (χ4n) is 3.52. The van der Waals surface area contributed by atoms with Crippen LogP contribution in [0.1, 0.15) is 16.9 Å². The van der Waals surface area contributed by atoms with Gasteiger partial charge in [-0.05, 0) is 36.8 Å². The number of benzene rings is 1. The van der Waals surface area contributed by atoms with Crippen LogP contribution in [0.2, 0.25) is 0 Å². The van der Waals surface area contributed by atoms with Gasteiger partial charge in [-0.2, -0.15) is 5.10 Å². The zero-order valence-corrected chi connectivity index (χ0v) is 13.8. The number of halogens is 1. The number of nitrogens with zero attached hydrogens (tertiary/aromatic N) is 3. The van der Waals surface area contributed by atoms with Crippen LogP contribution in [0.4, 0.5) is 4.39 Å². The summed E-state index contributed by atoms with van der Waals surface area (Å²) < 4.78 is 38.2. The van der Waals surface area contributed by atoms with E-state index in [1.54, 1.807) is 30.1 Å². The van der Waals surface area contributed by atoms with E-state index in [-0.39, 0.29) is 30.1 Å². The lowest BCUT2D eigenvalue weighted by Gasteiger charge is -2.26. The van der Waals surface area contributed by atoms with Gasteiger partial charge in [-0.1, -0.05) is 0 Å². The van der Waals surface area contributed by atoms with E-state index in [0.717, 1.165) is 5.56 Å². The van der Waals surface area contributed by atoms with Crippen molar-refractivity contribution < 1.29 is 17.6 Å². The molecule has 0 spiro atoms. The first kappa shape index (κ1) is 15.3. The van der Waals surface area contributed by atoms with Gasteiger partial charge < -0.3 is 4.90 Å². The summed E-state index contributed by atoms with van der Waals surface area (Å²) in [5, 5.41) is 3.89. The Bertz CT molecular complexity index is 921. The first-order valence-electron chi connectivity index (χ1n) is 7.67. The predicted octanol–water partition coefficient (Wildman–Crippen LogP) is 1.24. The number of likely N-dealkylation sites (tertiary alicyclic amines) is 1. The average Bonchev–Trinajstić information content (AvgIpc) is 3.18. The van der Waals surface area contributed by atoms with Crippen LogP contribution in [0.3, 0.4) is 0 Å². The molecule has 1 amide bonds. The Balaban J connectivity index is 1.61. The largest absolute Gasteiger partial charge is 0.332 e. The second kappa shape index (κ2) is 5.14. The highest BCUT2D eigenvalue weighted by atomic mass is 32.2. The van der Waals surface area contributed by atoms with Crippen molar-refractivity contribution >= 4 is 15.7 Å². The fourth-order valence-corrected chi connectivity index (χ4v) is 5.55. The summed E-state index contributed by atoms with van der Waals surface area (Å²) in [7, 11) is -1.37. The SMILES string of the molecule is Cn1nc(-c2ccc(F)cc2)cc1C(=O)N1CC2CC1CS2(=O)=O. The number of sulfone groups is 1. The zero-order chi connectivity index (χ0) is 17.1. The smallest absolute Gasteiger partial charge is 0.272 e. The third-order valence-electron chi connectivity index (χ3n) is 4.81. The first-order valence-corrected chi connectivity index (χ1v) is 9.39. The van der Waals surface area contributed by atoms with Crippen LogP contribution >= 0.6 is 0 Å². The van der Waals surface area contributed by atoms with Gasteiger partial charge in [0.25, 0.3) is 5.91 Å². The molecule has 2 aromatic rings.